The van der Waals surface area contributed by atoms with E-state index in [1.165, 1.54) is 25.3 Å². The number of thiocarbonyl (C=S) groups is 1. The van der Waals surface area contributed by atoms with Gasteiger partial charge in [-0.1, -0.05) is 26.0 Å². The highest BCUT2D eigenvalue weighted by Crippen LogP contribution is 2.29. The minimum absolute atomic E-state index is 0.0270. The third-order valence-corrected chi connectivity index (χ3v) is 4.16. The lowest BCUT2D eigenvalue weighted by atomic mass is 10.1. The number of nitro benzene ring substituents is 1. The van der Waals surface area contributed by atoms with Crippen molar-refractivity contribution < 1.29 is 19.2 Å². The molecule has 0 unspecified atom stereocenters. The van der Waals surface area contributed by atoms with Gasteiger partial charge in [-0.15, -0.1) is 0 Å². The van der Waals surface area contributed by atoms with E-state index in [1.54, 1.807) is 24.3 Å². The number of carbonyl (C=O) groups excluding carboxylic acids is 1. The van der Waals surface area contributed by atoms with E-state index in [1.807, 2.05) is 0 Å². The molecule has 0 bridgehead atoms. The van der Waals surface area contributed by atoms with Crippen LogP contribution in [0.2, 0.25) is 0 Å². The van der Waals surface area contributed by atoms with Crippen LogP contribution < -0.4 is 20.1 Å². The molecule has 2 rings (SSSR count). The van der Waals surface area contributed by atoms with E-state index in [0.29, 0.717) is 29.5 Å². The highest BCUT2D eigenvalue weighted by Gasteiger charge is 2.16. The number of hydrogen-bond donors (Lipinski definition) is 2. The molecule has 2 N–H and O–H groups in total. The Morgan fingerprint density at radius 1 is 1.21 bits per heavy atom. The normalized spacial score (nSPS) is 10.3. The molecule has 2 aromatic rings. The van der Waals surface area contributed by atoms with Crippen molar-refractivity contribution in [3.8, 4) is 11.5 Å². The van der Waals surface area contributed by atoms with Gasteiger partial charge in [-0.25, -0.2) is 0 Å². The van der Waals surface area contributed by atoms with Crippen LogP contribution in [-0.2, 0) is 0 Å². The molecule has 29 heavy (non-hydrogen) atoms. The first-order valence-electron chi connectivity index (χ1n) is 8.98. The van der Waals surface area contributed by atoms with Crippen LogP contribution in [0.4, 0.5) is 11.4 Å². The Kier molecular flexibility index (Phi) is 7.90. The van der Waals surface area contributed by atoms with Crippen molar-refractivity contribution in [2.75, 3.05) is 19.0 Å². The zero-order valence-corrected chi connectivity index (χ0v) is 17.2. The quantitative estimate of drug-likeness (QED) is 0.378. The summed E-state index contributed by atoms with van der Waals surface area (Å²) in [5.41, 5.74) is 0.635. The first-order chi connectivity index (χ1) is 13.8. The van der Waals surface area contributed by atoms with Gasteiger partial charge in [0.1, 0.15) is 11.5 Å². The fourth-order valence-electron chi connectivity index (χ4n) is 2.41. The van der Waals surface area contributed by atoms with Crippen LogP contribution in [0.1, 0.15) is 30.6 Å². The van der Waals surface area contributed by atoms with Crippen LogP contribution in [0.15, 0.2) is 42.5 Å². The van der Waals surface area contributed by atoms with Gasteiger partial charge in [0.05, 0.1) is 36.0 Å². The lowest BCUT2D eigenvalue weighted by Crippen LogP contribution is -2.34. The van der Waals surface area contributed by atoms with Gasteiger partial charge in [0.25, 0.3) is 11.6 Å². The Labute approximate surface area is 174 Å². The summed E-state index contributed by atoms with van der Waals surface area (Å²) >= 11 is 5.20. The maximum Gasteiger partial charge on any atom is 0.273 e. The van der Waals surface area contributed by atoms with Gasteiger partial charge in [0.2, 0.25) is 0 Å². The molecule has 0 aliphatic carbocycles. The van der Waals surface area contributed by atoms with Crippen LogP contribution in [-0.4, -0.2) is 29.7 Å². The van der Waals surface area contributed by atoms with Crippen molar-refractivity contribution in [3.63, 3.8) is 0 Å². The lowest BCUT2D eigenvalue weighted by Gasteiger charge is -2.14. The van der Waals surface area contributed by atoms with Gasteiger partial charge >= 0.3 is 0 Å². The first-order valence-corrected chi connectivity index (χ1v) is 9.39. The number of amides is 1. The number of methoxy groups -OCH3 is 1. The molecule has 9 heteroatoms. The average Bonchev–Trinajstić information content (AvgIpc) is 2.68. The number of non-ortho nitro benzene ring substituents is 1. The molecule has 2 aromatic carbocycles. The molecule has 0 spiro atoms. The van der Waals surface area contributed by atoms with E-state index in [0.717, 1.165) is 6.42 Å². The molecule has 1 amide bonds. The Morgan fingerprint density at radius 3 is 2.59 bits per heavy atom. The lowest BCUT2D eigenvalue weighted by molar-refractivity contribution is -0.384. The Bertz CT molecular complexity index is 901. The molecular formula is C20H23N3O5S. The largest absolute Gasteiger partial charge is 0.494 e. The second-order valence-electron chi connectivity index (χ2n) is 6.58. The van der Waals surface area contributed by atoms with Crippen LogP contribution in [0.25, 0.3) is 0 Å². The molecule has 0 aliphatic heterocycles. The highest BCUT2D eigenvalue weighted by molar-refractivity contribution is 7.80. The average molecular weight is 417 g/mol. The highest BCUT2D eigenvalue weighted by atomic mass is 32.1. The van der Waals surface area contributed by atoms with Gasteiger partial charge in [0, 0.05) is 6.07 Å². The van der Waals surface area contributed by atoms with Crippen LogP contribution in [0.5, 0.6) is 11.5 Å². The van der Waals surface area contributed by atoms with Gasteiger partial charge < -0.3 is 14.8 Å². The maximum absolute atomic E-state index is 12.6. The molecule has 0 saturated heterocycles. The number of nitro groups is 1. The van der Waals surface area contributed by atoms with Crippen molar-refractivity contribution >= 4 is 34.6 Å². The van der Waals surface area contributed by atoms with Crippen molar-refractivity contribution in [1.29, 1.82) is 0 Å². The molecule has 8 nitrogen and oxygen atoms in total. The van der Waals surface area contributed by atoms with E-state index >= 15 is 0 Å². The number of ether oxygens (including phenoxy) is 2. The first kappa shape index (κ1) is 22.1. The molecule has 0 heterocycles. The van der Waals surface area contributed by atoms with E-state index in [2.05, 4.69) is 24.5 Å². The Balaban J connectivity index is 2.06. The number of hydrogen-bond acceptors (Lipinski definition) is 6. The van der Waals surface area contributed by atoms with Crippen LogP contribution >= 0.6 is 12.2 Å². The van der Waals surface area contributed by atoms with Crippen molar-refractivity contribution in [3.05, 3.63) is 58.1 Å². The SMILES string of the molecule is COc1cc([N+](=O)[O-])ccc1NC(=S)NC(=O)c1ccccc1OCCC(C)C. The number of nitrogens with one attached hydrogen (secondary N) is 2. The number of benzene rings is 2. The van der Waals surface area contributed by atoms with Gasteiger partial charge in [0.15, 0.2) is 5.11 Å². The molecule has 0 aromatic heterocycles. The van der Waals surface area contributed by atoms with Gasteiger partial charge in [-0.2, -0.15) is 0 Å². The Hall–Kier alpha value is -3.20. The molecular weight excluding hydrogens is 394 g/mol. The summed E-state index contributed by atoms with van der Waals surface area (Å²) < 4.78 is 10.9. The monoisotopic (exact) mass is 417 g/mol. The fraction of sp³-hybridized carbons (Fsp3) is 0.300. The van der Waals surface area contributed by atoms with Crippen molar-refractivity contribution in [2.45, 2.75) is 20.3 Å². The fourth-order valence-corrected chi connectivity index (χ4v) is 2.61. The Morgan fingerprint density at radius 2 is 1.93 bits per heavy atom. The minimum atomic E-state index is -0.525. The summed E-state index contributed by atoms with van der Waals surface area (Å²) in [5, 5.41) is 16.3. The number of rotatable bonds is 8. The minimum Gasteiger partial charge on any atom is -0.494 e. The summed E-state index contributed by atoms with van der Waals surface area (Å²) in [5.74, 6) is 0.766. The second-order valence-corrected chi connectivity index (χ2v) is 6.99. The van der Waals surface area contributed by atoms with Crippen molar-refractivity contribution in [2.24, 2.45) is 5.92 Å². The van der Waals surface area contributed by atoms with Crippen molar-refractivity contribution in [1.82, 2.24) is 5.32 Å². The summed E-state index contributed by atoms with van der Waals surface area (Å²) in [4.78, 5) is 23.0. The van der Waals surface area contributed by atoms with Gasteiger partial charge in [-0.3, -0.25) is 20.2 Å². The topological polar surface area (TPSA) is 103 Å². The third kappa shape index (κ3) is 6.42. The molecule has 0 fully saturated rings. The summed E-state index contributed by atoms with van der Waals surface area (Å²) in [6.07, 6.45) is 0.871. The summed E-state index contributed by atoms with van der Waals surface area (Å²) in [6.45, 7) is 4.70. The number of anilines is 1. The van der Waals surface area contributed by atoms with E-state index in [9.17, 15) is 14.9 Å². The van der Waals surface area contributed by atoms with Gasteiger partial charge in [-0.05, 0) is 42.8 Å². The maximum atomic E-state index is 12.6. The molecule has 0 saturated carbocycles. The number of nitrogens with zero attached hydrogens (tertiary/aromatic N) is 1. The van der Waals surface area contributed by atoms with Crippen LogP contribution in [0, 0.1) is 16.0 Å². The van der Waals surface area contributed by atoms with Crippen LogP contribution in [0.3, 0.4) is 0 Å². The molecule has 0 aliphatic rings. The van der Waals surface area contributed by atoms with E-state index < -0.39 is 10.8 Å². The predicted octanol–water partition coefficient (Wildman–Crippen LogP) is 4.16. The number of para-hydroxylation sites is 1. The molecule has 154 valence electrons. The zero-order chi connectivity index (χ0) is 21.4. The second kappa shape index (κ2) is 10.4. The standard InChI is InChI=1S/C20H23N3O5S/c1-13(2)10-11-28-17-7-5-4-6-15(17)19(24)22-20(29)21-16-9-8-14(23(25)26)12-18(16)27-3/h4-9,12-13H,10-11H2,1-3H3,(H2,21,22,24,29). The molecule has 0 atom stereocenters. The number of carbonyl (C=O) groups is 1. The summed E-state index contributed by atoms with van der Waals surface area (Å²) in [6, 6.07) is 10.9. The molecule has 0 radical (unpaired) electrons. The predicted molar refractivity (Wildman–Crippen MR) is 115 cm³/mol. The summed E-state index contributed by atoms with van der Waals surface area (Å²) in [7, 11) is 1.39. The third-order valence-electron chi connectivity index (χ3n) is 3.96. The smallest absolute Gasteiger partial charge is 0.273 e. The zero-order valence-electron chi connectivity index (χ0n) is 16.4. The van der Waals surface area contributed by atoms with E-state index in [-0.39, 0.29) is 16.5 Å². The van der Waals surface area contributed by atoms with E-state index in [4.69, 9.17) is 21.7 Å².